The molecule has 3 rings (SSSR count). The lowest BCUT2D eigenvalue weighted by Crippen LogP contribution is -2.45. The minimum absolute atomic E-state index is 0.0363. The molecule has 0 aromatic heterocycles. The molecule has 0 spiro atoms. The van der Waals surface area contributed by atoms with E-state index in [9.17, 15) is 4.79 Å². The van der Waals surface area contributed by atoms with E-state index in [0.29, 0.717) is 25.4 Å². The lowest BCUT2D eigenvalue weighted by Gasteiger charge is -2.38. The SMILES string of the molecule is CC(C)=CCC(=O)C(C)CCC[C@]1(C)OCC(=CCOC2CCCCO2)CC[C@H]1OC1CCCCO1. The van der Waals surface area contributed by atoms with Crippen LogP contribution in [0.15, 0.2) is 23.3 Å². The quantitative estimate of drug-likeness (QED) is 0.276. The zero-order chi connectivity index (χ0) is 25.8. The Morgan fingerprint density at radius 1 is 1.08 bits per heavy atom. The highest BCUT2D eigenvalue weighted by molar-refractivity contribution is 5.82. The van der Waals surface area contributed by atoms with Crippen LogP contribution in [-0.4, -0.2) is 56.5 Å². The van der Waals surface area contributed by atoms with Crippen molar-refractivity contribution in [2.45, 2.75) is 129 Å². The summed E-state index contributed by atoms with van der Waals surface area (Å²) in [5.74, 6) is 0.379. The fourth-order valence-corrected chi connectivity index (χ4v) is 5.19. The fourth-order valence-electron chi connectivity index (χ4n) is 5.19. The van der Waals surface area contributed by atoms with E-state index in [1.807, 2.05) is 19.9 Å². The van der Waals surface area contributed by atoms with Gasteiger partial charge in [-0.05, 0) is 97.0 Å². The highest BCUT2D eigenvalue weighted by Crippen LogP contribution is 2.35. The van der Waals surface area contributed by atoms with Crippen molar-refractivity contribution in [2.24, 2.45) is 5.92 Å². The minimum atomic E-state index is -0.410. The second kappa shape index (κ2) is 15.4. The van der Waals surface area contributed by atoms with Crippen molar-refractivity contribution in [3.05, 3.63) is 23.3 Å². The van der Waals surface area contributed by atoms with E-state index in [4.69, 9.17) is 23.7 Å². The molecule has 3 aliphatic rings. The van der Waals surface area contributed by atoms with Crippen LogP contribution in [0.2, 0.25) is 0 Å². The van der Waals surface area contributed by atoms with Crippen LogP contribution in [0.5, 0.6) is 0 Å². The van der Waals surface area contributed by atoms with E-state index in [2.05, 4.69) is 19.9 Å². The predicted molar refractivity (Wildman–Crippen MR) is 142 cm³/mol. The molecule has 3 fully saturated rings. The summed E-state index contributed by atoms with van der Waals surface area (Å²) in [7, 11) is 0. The molecule has 0 aromatic carbocycles. The van der Waals surface area contributed by atoms with Crippen LogP contribution in [0.3, 0.4) is 0 Å². The predicted octanol–water partition coefficient (Wildman–Crippen LogP) is 6.67. The molecule has 6 nitrogen and oxygen atoms in total. The van der Waals surface area contributed by atoms with Gasteiger partial charge in [0.25, 0.3) is 0 Å². The monoisotopic (exact) mass is 506 g/mol. The minimum Gasteiger partial charge on any atom is -0.368 e. The average molecular weight is 507 g/mol. The van der Waals surface area contributed by atoms with E-state index in [1.165, 1.54) is 17.6 Å². The maximum atomic E-state index is 12.5. The Balaban J connectivity index is 1.56. The molecule has 6 heteroatoms. The summed E-state index contributed by atoms with van der Waals surface area (Å²) in [4.78, 5) is 12.5. The summed E-state index contributed by atoms with van der Waals surface area (Å²) >= 11 is 0. The molecular formula is C30H50O6. The molecule has 0 aromatic rings. The van der Waals surface area contributed by atoms with Gasteiger partial charge in [-0.3, -0.25) is 4.79 Å². The number of rotatable bonds is 12. The molecule has 206 valence electrons. The first kappa shape index (κ1) is 29.5. The normalized spacial score (nSPS) is 31.6. The molecule has 5 atom stereocenters. The second-order valence-corrected chi connectivity index (χ2v) is 11.3. The summed E-state index contributed by atoms with van der Waals surface area (Å²) < 4.78 is 30.7. The van der Waals surface area contributed by atoms with Crippen molar-refractivity contribution in [2.75, 3.05) is 26.4 Å². The smallest absolute Gasteiger partial charge is 0.158 e. The highest BCUT2D eigenvalue weighted by atomic mass is 16.7. The van der Waals surface area contributed by atoms with Crippen LogP contribution in [-0.2, 0) is 28.5 Å². The van der Waals surface area contributed by atoms with E-state index < -0.39 is 5.60 Å². The number of Topliss-reactive ketones (excluding diaryl/α,β-unsaturated/α-hetero) is 1. The van der Waals surface area contributed by atoms with Gasteiger partial charge in [0, 0.05) is 25.6 Å². The standard InChI is InChI=1S/C30H50O6/c1-23(2)13-15-26(31)24(3)10-9-18-30(4)27(36-29-12-6-8-20-33-29)16-14-25(22-35-30)17-21-34-28-11-5-7-19-32-28/h13,17,24,27-29H,5-12,14-16,18-22H2,1-4H3/t24?,27-,28?,29?,30+/m1/s1. The van der Waals surface area contributed by atoms with Gasteiger partial charge < -0.3 is 23.7 Å². The van der Waals surface area contributed by atoms with Crippen molar-refractivity contribution < 1.29 is 28.5 Å². The lowest BCUT2D eigenvalue weighted by atomic mass is 9.87. The number of carbonyl (C=O) groups is 1. The maximum Gasteiger partial charge on any atom is 0.158 e. The van der Waals surface area contributed by atoms with Crippen LogP contribution in [0.4, 0.5) is 0 Å². The molecule has 3 unspecified atom stereocenters. The molecule has 0 amide bonds. The van der Waals surface area contributed by atoms with E-state index in [0.717, 1.165) is 77.4 Å². The van der Waals surface area contributed by atoms with Gasteiger partial charge in [-0.25, -0.2) is 0 Å². The first-order chi connectivity index (χ1) is 17.4. The Hall–Kier alpha value is -1.05. The zero-order valence-corrected chi connectivity index (χ0v) is 23.2. The number of ether oxygens (including phenoxy) is 5. The number of allylic oxidation sites excluding steroid dienone is 2. The Morgan fingerprint density at radius 2 is 1.81 bits per heavy atom. The molecule has 36 heavy (non-hydrogen) atoms. The van der Waals surface area contributed by atoms with Crippen molar-refractivity contribution in [3.63, 3.8) is 0 Å². The molecule has 0 N–H and O–H groups in total. The lowest BCUT2D eigenvalue weighted by molar-refractivity contribution is -0.232. The third kappa shape index (κ3) is 10.0. The zero-order valence-electron chi connectivity index (χ0n) is 23.2. The van der Waals surface area contributed by atoms with Gasteiger partial charge >= 0.3 is 0 Å². The molecule has 3 aliphatic heterocycles. The van der Waals surface area contributed by atoms with E-state index in [1.54, 1.807) is 0 Å². The molecule has 0 radical (unpaired) electrons. The van der Waals surface area contributed by atoms with Crippen LogP contribution in [0, 0.1) is 5.92 Å². The van der Waals surface area contributed by atoms with Gasteiger partial charge in [0.15, 0.2) is 12.6 Å². The summed E-state index contributed by atoms with van der Waals surface area (Å²) in [6, 6.07) is 0. The largest absolute Gasteiger partial charge is 0.368 e. The summed E-state index contributed by atoms with van der Waals surface area (Å²) in [6.07, 6.45) is 15.4. The molecule has 0 saturated carbocycles. The van der Waals surface area contributed by atoms with E-state index >= 15 is 0 Å². The number of ketones is 1. The first-order valence-corrected chi connectivity index (χ1v) is 14.3. The van der Waals surface area contributed by atoms with Crippen LogP contribution < -0.4 is 0 Å². The van der Waals surface area contributed by atoms with E-state index in [-0.39, 0.29) is 24.6 Å². The molecule has 0 bridgehead atoms. The van der Waals surface area contributed by atoms with Crippen LogP contribution in [0.25, 0.3) is 0 Å². The first-order valence-electron chi connectivity index (χ1n) is 14.3. The van der Waals surface area contributed by atoms with Gasteiger partial charge in [-0.15, -0.1) is 0 Å². The Morgan fingerprint density at radius 3 is 2.47 bits per heavy atom. The topological polar surface area (TPSA) is 63.2 Å². The third-order valence-electron chi connectivity index (χ3n) is 7.81. The van der Waals surface area contributed by atoms with Gasteiger partial charge in [0.05, 0.1) is 24.9 Å². The van der Waals surface area contributed by atoms with Crippen molar-refractivity contribution >= 4 is 5.78 Å². The van der Waals surface area contributed by atoms with Crippen LogP contribution >= 0.6 is 0 Å². The van der Waals surface area contributed by atoms with Crippen LogP contribution in [0.1, 0.15) is 105 Å². The molecule has 3 heterocycles. The molecular weight excluding hydrogens is 456 g/mol. The Bertz CT molecular complexity index is 715. The molecule has 3 saturated heterocycles. The van der Waals surface area contributed by atoms with Gasteiger partial charge in [-0.2, -0.15) is 0 Å². The highest BCUT2D eigenvalue weighted by Gasteiger charge is 2.40. The second-order valence-electron chi connectivity index (χ2n) is 11.3. The Labute approximate surface area is 219 Å². The Kier molecular flexibility index (Phi) is 12.6. The number of carbonyl (C=O) groups excluding carboxylic acids is 1. The maximum absolute atomic E-state index is 12.5. The average Bonchev–Trinajstić information content (AvgIpc) is 3.03. The summed E-state index contributed by atoms with van der Waals surface area (Å²) in [6.45, 7) is 11.0. The van der Waals surface area contributed by atoms with Crippen molar-refractivity contribution in [3.8, 4) is 0 Å². The number of hydrogen-bond acceptors (Lipinski definition) is 6. The van der Waals surface area contributed by atoms with Gasteiger partial charge in [0.1, 0.15) is 5.78 Å². The fraction of sp³-hybridized carbons (Fsp3) is 0.833. The van der Waals surface area contributed by atoms with Crippen molar-refractivity contribution in [1.29, 1.82) is 0 Å². The molecule has 0 aliphatic carbocycles. The van der Waals surface area contributed by atoms with Gasteiger partial charge in [0.2, 0.25) is 0 Å². The summed E-state index contributed by atoms with van der Waals surface area (Å²) in [5.41, 5.74) is 2.05. The van der Waals surface area contributed by atoms with Gasteiger partial charge in [-0.1, -0.05) is 24.6 Å². The summed E-state index contributed by atoms with van der Waals surface area (Å²) in [5, 5.41) is 0. The number of hydrogen-bond donors (Lipinski definition) is 0. The van der Waals surface area contributed by atoms with Crippen molar-refractivity contribution in [1.82, 2.24) is 0 Å². The third-order valence-corrected chi connectivity index (χ3v) is 7.81.